The minimum Gasteiger partial charge on any atom is -0.475 e. The van der Waals surface area contributed by atoms with Crippen LogP contribution in [-0.2, 0) is 37.9 Å². The molecule has 2 aromatic carbocycles. The van der Waals surface area contributed by atoms with Crippen LogP contribution < -0.4 is 30.0 Å². The number of carbonyl (C=O) groups is 1. The Morgan fingerprint density at radius 1 is 0.600 bits per heavy atom. The Kier molecular flexibility index (Phi) is 18.9. The number of fused-ring (bicyclic) bond motifs is 2. The van der Waals surface area contributed by atoms with Gasteiger partial charge in [-0.1, -0.05) is 72.8 Å². The predicted octanol–water partition coefficient (Wildman–Crippen LogP) is 9.86. The van der Waals surface area contributed by atoms with Gasteiger partial charge in [-0.3, -0.25) is 9.97 Å². The number of sulfonamides is 2. The number of nitrogens with zero attached hydrogens (tertiary/aromatic N) is 10. The largest absolute Gasteiger partial charge is 0.490 e. The molecule has 0 radical (unpaired) electrons. The van der Waals surface area contributed by atoms with Crippen LogP contribution in [0.3, 0.4) is 0 Å². The van der Waals surface area contributed by atoms with Crippen LogP contribution in [0.25, 0.3) is 56.1 Å². The van der Waals surface area contributed by atoms with Gasteiger partial charge in [-0.2, -0.15) is 13.2 Å². The topological polar surface area (TPSA) is 298 Å². The van der Waals surface area contributed by atoms with Crippen LogP contribution in [-0.4, -0.2) is 101 Å². The van der Waals surface area contributed by atoms with Gasteiger partial charge < -0.3 is 25.2 Å². The summed E-state index contributed by atoms with van der Waals surface area (Å²) in [5, 5.41) is 28.8. The van der Waals surface area contributed by atoms with Crippen molar-refractivity contribution in [2.45, 2.75) is 95.3 Å². The lowest BCUT2D eigenvalue weighted by Crippen LogP contribution is -2.40. The Bertz CT molecular complexity index is 4180. The second-order valence-corrected chi connectivity index (χ2v) is 23.5. The van der Waals surface area contributed by atoms with Crippen LogP contribution >= 0.6 is 0 Å². The van der Waals surface area contributed by atoms with E-state index in [0.29, 0.717) is 41.7 Å². The molecule has 8 aromatic heterocycles. The summed E-state index contributed by atoms with van der Waals surface area (Å²) in [4.78, 5) is 35.6. The Hall–Kier alpha value is -9.44. The van der Waals surface area contributed by atoms with E-state index >= 15 is 0 Å². The number of hydrogen-bond acceptors (Lipinski definition) is 17. The molecule has 0 saturated carbocycles. The summed E-state index contributed by atoms with van der Waals surface area (Å²) < 4.78 is 101. The number of aromatic nitrogens is 10. The normalized spacial score (nSPS) is 11.9. The number of anilines is 2. The zero-order chi connectivity index (χ0) is 61.3. The van der Waals surface area contributed by atoms with E-state index in [0.717, 1.165) is 44.7 Å². The molecule has 0 spiro atoms. The average molecular weight is 1200 g/mol. The average Bonchev–Trinajstić information content (AvgIpc) is 2.21. The first-order chi connectivity index (χ1) is 40.2. The number of primary sulfonamides is 1. The molecular weight excluding hydrogens is 1140 g/mol. The number of halogens is 3. The molecule has 10 rings (SSSR count). The van der Waals surface area contributed by atoms with Crippen LogP contribution in [0.15, 0.2) is 168 Å². The highest BCUT2D eigenvalue weighted by Gasteiger charge is 2.38. The highest BCUT2D eigenvalue weighted by atomic mass is 32.2. The van der Waals surface area contributed by atoms with Gasteiger partial charge in [-0.15, -0.1) is 10.2 Å². The molecule has 27 heteroatoms. The second kappa shape index (κ2) is 26.0. The van der Waals surface area contributed by atoms with Gasteiger partial charge in [-0.05, 0) is 108 Å². The molecule has 10 aromatic rings. The van der Waals surface area contributed by atoms with Crippen molar-refractivity contribution in [1.82, 2.24) is 53.9 Å². The van der Waals surface area contributed by atoms with Gasteiger partial charge in [0.2, 0.25) is 31.8 Å². The van der Waals surface area contributed by atoms with Gasteiger partial charge in [-0.25, -0.2) is 60.5 Å². The molecule has 0 atom stereocenters. The fourth-order valence-corrected chi connectivity index (χ4v) is 10.3. The highest BCUT2D eigenvalue weighted by molar-refractivity contribution is 7.89. The van der Waals surface area contributed by atoms with Crippen molar-refractivity contribution in [3.63, 3.8) is 0 Å². The first-order valence-corrected chi connectivity index (χ1v) is 29.1. The zero-order valence-electron chi connectivity index (χ0n) is 46.9. The van der Waals surface area contributed by atoms with Crippen molar-refractivity contribution >= 4 is 48.7 Å². The number of nitrogens with two attached hydrogens (primary N) is 1. The lowest BCUT2D eigenvalue weighted by molar-refractivity contribution is -0.192. The van der Waals surface area contributed by atoms with Crippen molar-refractivity contribution in [3.8, 4) is 56.8 Å². The summed E-state index contributed by atoms with van der Waals surface area (Å²) in [5.41, 5.74) is 7.25. The van der Waals surface area contributed by atoms with Gasteiger partial charge in [0.15, 0.2) is 23.3 Å². The maximum atomic E-state index is 13.4. The molecule has 0 aliphatic rings. The smallest absolute Gasteiger partial charge is 0.475 e. The van der Waals surface area contributed by atoms with E-state index in [4.69, 9.17) is 39.6 Å². The van der Waals surface area contributed by atoms with Crippen molar-refractivity contribution in [2.75, 3.05) is 10.6 Å². The fraction of sp³-hybridized carbons (Fsp3) is 0.224. The van der Waals surface area contributed by atoms with Crippen LogP contribution in [0.5, 0.6) is 11.8 Å². The molecule has 0 unspecified atom stereocenters. The molecule has 22 nitrogen and oxygen atoms in total. The maximum absolute atomic E-state index is 13.4. The SMILES string of the molecule is CC(C)Oc1ncc(-c2nc(NCc3ccccn3)c3c(-c4ccccc4)ccn3n2)cc1S(=O)(=O)NC(C)(C)C.CC(C)Oc1ncc(-c2nc(NCc3ccccn3)c3c(-c4ccccc4)ccn3n2)cc1S(N)(=O)=O.O=C(O)C(F)(F)F. The summed E-state index contributed by atoms with van der Waals surface area (Å²) in [5.74, 6) is -1.12. The molecule has 0 amide bonds. The van der Waals surface area contributed by atoms with Gasteiger partial charge in [0.25, 0.3) is 0 Å². The van der Waals surface area contributed by atoms with Crippen LogP contribution in [0.2, 0.25) is 0 Å². The predicted molar refractivity (Wildman–Crippen MR) is 313 cm³/mol. The third kappa shape index (κ3) is 16.0. The standard InChI is InChI=1S/C30H33N7O3S.C26H25N7O3S.C2HF3O2/c1-20(2)40-29-25(41(38,39)36-30(3,4)5)17-22(18-33-29)27-34-28(32-19-23-13-9-10-15-31-23)26-24(14-16-37(26)35-27)21-11-7-6-8-12-21;1-17(2)36-26-22(37(27,34)35)14-19(15-30-26)24-31-25(29-16-20-10-6-7-12-28-20)23-21(11-13-33(23)32-24)18-8-4-3-5-9-18;3-2(4,5)1(6)7/h6-18,20,36H,19H2,1-5H3,(H,32,34,35);3-15,17H,16H2,1-2H3,(H2,27,34,35)(H,29,31,32);(H,6,7). The number of carboxylic acids is 1. The number of carboxylic acid groups (broad SMARTS) is 1. The number of alkyl halides is 3. The Labute approximate surface area is 487 Å². The second-order valence-electron chi connectivity index (χ2n) is 20.3. The zero-order valence-corrected chi connectivity index (χ0v) is 48.5. The minimum atomic E-state index is -5.08. The number of ether oxygens (including phenoxy) is 2. The summed E-state index contributed by atoms with van der Waals surface area (Å²) >= 11 is 0. The molecule has 0 fully saturated rings. The molecular formula is C58H59F3N14O8S2. The number of hydrogen-bond donors (Lipinski definition) is 5. The van der Waals surface area contributed by atoms with Crippen molar-refractivity contribution in [3.05, 3.63) is 170 Å². The summed E-state index contributed by atoms with van der Waals surface area (Å²) in [6, 6.07) is 38.2. The maximum Gasteiger partial charge on any atom is 0.490 e. The summed E-state index contributed by atoms with van der Waals surface area (Å²) in [7, 11) is -8.09. The van der Waals surface area contributed by atoms with Gasteiger partial charge >= 0.3 is 12.1 Å². The van der Waals surface area contributed by atoms with E-state index in [9.17, 15) is 30.0 Å². The van der Waals surface area contributed by atoms with E-state index in [1.54, 1.807) is 56.0 Å². The molecule has 8 heterocycles. The van der Waals surface area contributed by atoms with Crippen LogP contribution in [0.1, 0.15) is 59.9 Å². The monoisotopic (exact) mass is 1200 g/mol. The number of aliphatic carboxylic acids is 1. The number of nitrogens with one attached hydrogen (secondary N) is 3. The van der Waals surface area contributed by atoms with Crippen LogP contribution in [0.4, 0.5) is 24.8 Å². The van der Waals surface area contributed by atoms with Gasteiger partial charge in [0.05, 0.1) is 36.7 Å². The Morgan fingerprint density at radius 2 is 1.00 bits per heavy atom. The molecule has 442 valence electrons. The van der Waals surface area contributed by atoms with Crippen molar-refractivity contribution in [2.24, 2.45) is 5.14 Å². The molecule has 85 heavy (non-hydrogen) atoms. The van der Waals surface area contributed by atoms with E-state index in [1.165, 1.54) is 24.5 Å². The quantitative estimate of drug-likeness (QED) is 0.0566. The Balaban J connectivity index is 0.000000200. The highest BCUT2D eigenvalue weighted by Crippen LogP contribution is 2.35. The third-order valence-electron chi connectivity index (χ3n) is 11.6. The first-order valence-electron chi connectivity index (χ1n) is 26.1. The first kappa shape index (κ1) is 61.6. The molecule has 0 bridgehead atoms. The fourth-order valence-electron chi connectivity index (χ4n) is 8.18. The molecule has 6 N–H and O–H groups in total. The van der Waals surface area contributed by atoms with E-state index in [1.807, 2.05) is 135 Å². The van der Waals surface area contributed by atoms with Gasteiger partial charge in [0.1, 0.15) is 20.8 Å². The van der Waals surface area contributed by atoms with E-state index in [-0.39, 0.29) is 39.6 Å². The third-order valence-corrected chi connectivity index (χ3v) is 14.3. The van der Waals surface area contributed by atoms with Gasteiger partial charge in [0, 0.05) is 65.0 Å². The lowest BCUT2D eigenvalue weighted by Gasteiger charge is -2.22. The Morgan fingerprint density at radius 3 is 1.36 bits per heavy atom. The minimum absolute atomic E-state index is 0.0161. The molecule has 0 aliphatic carbocycles. The summed E-state index contributed by atoms with van der Waals surface area (Å²) in [6.45, 7) is 13.4. The summed E-state index contributed by atoms with van der Waals surface area (Å²) in [6.07, 6.45) is 4.51. The lowest BCUT2D eigenvalue weighted by atomic mass is 10.1. The van der Waals surface area contributed by atoms with Crippen molar-refractivity contribution in [1.29, 1.82) is 0 Å². The molecule has 0 saturated heterocycles. The van der Waals surface area contributed by atoms with E-state index in [2.05, 4.69) is 40.4 Å². The van der Waals surface area contributed by atoms with Crippen LogP contribution in [0, 0.1) is 0 Å². The number of benzene rings is 2. The number of rotatable bonds is 17. The number of pyridine rings is 4. The molecule has 0 aliphatic heterocycles. The van der Waals surface area contributed by atoms with Crippen molar-refractivity contribution < 1.29 is 49.4 Å². The van der Waals surface area contributed by atoms with E-state index < -0.39 is 37.7 Å².